The van der Waals surface area contributed by atoms with Gasteiger partial charge in [0.2, 0.25) is 5.91 Å². The first-order chi connectivity index (χ1) is 9.55. The highest BCUT2D eigenvalue weighted by Gasteiger charge is 2.37. The van der Waals surface area contributed by atoms with Crippen molar-refractivity contribution in [3.8, 4) is 0 Å². The topological polar surface area (TPSA) is 72.2 Å². The van der Waals surface area contributed by atoms with Crippen molar-refractivity contribution in [3.05, 3.63) is 0 Å². The van der Waals surface area contributed by atoms with E-state index >= 15 is 0 Å². The van der Waals surface area contributed by atoms with E-state index in [0.29, 0.717) is 5.75 Å². The van der Waals surface area contributed by atoms with Crippen LogP contribution >= 0.6 is 0 Å². The molecule has 0 radical (unpaired) electrons. The maximum absolute atomic E-state index is 12.4. The molecule has 1 amide bonds. The monoisotopic (exact) mass is 300 g/mol. The molecular formula is C15H28N2O2S. The standard InChI is InChI=1S/C15H28N2O2S/c1-2-20(19)13-8-6-7-12(11-13)17-14(18)15(16)9-4-3-5-10-15/h12-13H,2-11,16H2,1H3,(H,17,18). The van der Waals surface area contributed by atoms with E-state index in [1.807, 2.05) is 6.92 Å². The van der Waals surface area contributed by atoms with Gasteiger partial charge in [0.1, 0.15) is 0 Å². The van der Waals surface area contributed by atoms with Crippen LogP contribution < -0.4 is 11.1 Å². The maximum Gasteiger partial charge on any atom is 0.240 e. The van der Waals surface area contributed by atoms with Crippen molar-refractivity contribution in [2.75, 3.05) is 5.75 Å². The Morgan fingerprint density at radius 2 is 1.95 bits per heavy atom. The van der Waals surface area contributed by atoms with E-state index in [4.69, 9.17) is 5.73 Å². The fourth-order valence-electron chi connectivity index (χ4n) is 3.49. The Morgan fingerprint density at radius 1 is 1.25 bits per heavy atom. The van der Waals surface area contributed by atoms with Crippen molar-refractivity contribution in [3.63, 3.8) is 0 Å². The number of nitrogens with two attached hydrogens (primary N) is 1. The van der Waals surface area contributed by atoms with Crippen molar-refractivity contribution < 1.29 is 9.00 Å². The van der Waals surface area contributed by atoms with Crippen molar-refractivity contribution in [1.82, 2.24) is 5.32 Å². The van der Waals surface area contributed by atoms with E-state index < -0.39 is 16.3 Å². The number of rotatable bonds is 4. The summed E-state index contributed by atoms with van der Waals surface area (Å²) in [6.45, 7) is 1.97. The molecule has 2 saturated carbocycles. The largest absolute Gasteiger partial charge is 0.352 e. The van der Waals surface area contributed by atoms with Crippen LogP contribution in [-0.2, 0) is 15.6 Å². The molecule has 3 unspecified atom stereocenters. The number of hydrogen-bond donors (Lipinski definition) is 2. The van der Waals surface area contributed by atoms with Crippen LogP contribution in [-0.4, -0.2) is 32.7 Å². The molecule has 4 nitrogen and oxygen atoms in total. The van der Waals surface area contributed by atoms with Crippen molar-refractivity contribution >= 4 is 16.7 Å². The van der Waals surface area contributed by atoms with E-state index in [1.54, 1.807) is 0 Å². The molecule has 0 spiro atoms. The molecule has 2 aliphatic rings. The summed E-state index contributed by atoms with van der Waals surface area (Å²) < 4.78 is 11.9. The first-order valence-corrected chi connectivity index (χ1v) is 9.40. The number of hydrogen-bond acceptors (Lipinski definition) is 3. The molecule has 0 bridgehead atoms. The van der Waals surface area contributed by atoms with Gasteiger partial charge in [-0.3, -0.25) is 9.00 Å². The second kappa shape index (κ2) is 7.03. The van der Waals surface area contributed by atoms with Crippen molar-refractivity contribution in [2.45, 2.75) is 81.5 Å². The molecule has 3 N–H and O–H groups in total. The highest BCUT2D eigenvalue weighted by atomic mass is 32.2. The molecule has 0 heterocycles. The predicted molar refractivity (Wildman–Crippen MR) is 82.9 cm³/mol. The summed E-state index contributed by atoms with van der Waals surface area (Å²) in [5.74, 6) is 0.733. The zero-order valence-corrected chi connectivity index (χ0v) is 13.3. The lowest BCUT2D eigenvalue weighted by molar-refractivity contribution is -0.128. The van der Waals surface area contributed by atoms with Gasteiger partial charge in [-0.25, -0.2) is 0 Å². The highest BCUT2D eigenvalue weighted by molar-refractivity contribution is 7.85. The highest BCUT2D eigenvalue weighted by Crippen LogP contribution is 2.28. The van der Waals surface area contributed by atoms with Gasteiger partial charge in [0.25, 0.3) is 0 Å². The van der Waals surface area contributed by atoms with Gasteiger partial charge in [0, 0.05) is 27.8 Å². The van der Waals surface area contributed by atoms with Crippen LogP contribution in [0.2, 0.25) is 0 Å². The first-order valence-electron chi connectivity index (χ1n) is 8.02. The summed E-state index contributed by atoms with van der Waals surface area (Å²) >= 11 is 0. The minimum Gasteiger partial charge on any atom is -0.352 e. The van der Waals surface area contributed by atoms with Crippen LogP contribution in [0.5, 0.6) is 0 Å². The van der Waals surface area contributed by atoms with Gasteiger partial charge in [-0.1, -0.05) is 32.6 Å². The van der Waals surface area contributed by atoms with E-state index in [9.17, 15) is 9.00 Å². The number of nitrogens with one attached hydrogen (secondary N) is 1. The zero-order chi connectivity index (χ0) is 14.6. The molecule has 0 aromatic rings. The fourth-order valence-corrected chi connectivity index (χ4v) is 4.84. The minimum absolute atomic E-state index is 0.0186. The van der Waals surface area contributed by atoms with Crippen molar-refractivity contribution in [1.29, 1.82) is 0 Å². The predicted octanol–water partition coefficient (Wildman–Crippen LogP) is 1.84. The SMILES string of the molecule is CCS(=O)C1CCCC(NC(=O)C2(N)CCCCC2)C1. The summed E-state index contributed by atoms with van der Waals surface area (Å²) in [5.41, 5.74) is 5.61. The van der Waals surface area contributed by atoms with Gasteiger partial charge in [0.15, 0.2) is 0 Å². The van der Waals surface area contributed by atoms with Gasteiger partial charge in [0.05, 0.1) is 5.54 Å². The Labute approximate surface area is 124 Å². The fraction of sp³-hybridized carbons (Fsp3) is 0.933. The quantitative estimate of drug-likeness (QED) is 0.832. The Hall–Kier alpha value is -0.420. The second-order valence-corrected chi connectivity index (χ2v) is 8.35. The molecule has 2 rings (SSSR count). The molecule has 0 aromatic carbocycles. The normalized spacial score (nSPS) is 31.5. The van der Waals surface area contributed by atoms with Gasteiger partial charge in [-0.2, -0.15) is 0 Å². The lowest BCUT2D eigenvalue weighted by atomic mass is 9.81. The number of carbonyl (C=O) groups is 1. The summed E-state index contributed by atoms with van der Waals surface area (Å²) in [7, 11) is -0.747. The molecule has 0 aromatic heterocycles. The van der Waals surface area contributed by atoms with Crippen LogP contribution in [0.1, 0.15) is 64.7 Å². The minimum atomic E-state index is -0.747. The number of amides is 1. The summed E-state index contributed by atoms with van der Waals surface area (Å²) in [5, 5.41) is 3.39. The molecule has 0 aliphatic heterocycles. The van der Waals surface area contributed by atoms with E-state index in [0.717, 1.165) is 51.4 Å². The van der Waals surface area contributed by atoms with Gasteiger partial charge >= 0.3 is 0 Å². The first kappa shape index (κ1) is 16.0. The van der Waals surface area contributed by atoms with Crippen LogP contribution in [0.25, 0.3) is 0 Å². The van der Waals surface area contributed by atoms with E-state index in [1.165, 1.54) is 6.42 Å². The van der Waals surface area contributed by atoms with Crippen LogP contribution in [0.15, 0.2) is 0 Å². The third-order valence-electron chi connectivity index (χ3n) is 4.82. The molecule has 5 heteroatoms. The molecule has 20 heavy (non-hydrogen) atoms. The Kier molecular flexibility index (Phi) is 5.61. The van der Waals surface area contributed by atoms with E-state index in [2.05, 4.69) is 5.32 Å². The van der Waals surface area contributed by atoms with Gasteiger partial charge in [-0.05, 0) is 32.1 Å². The molecular weight excluding hydrogens is 272 g/mol. The molecule has 3 atom stereocenters. The van der Waals surface area contributed by atoms with Crippen molar-refractivity contribution in [2.24, 2.45) is 5.73 Å². The van der Waals surface area contributed by atoms with Crippen LogP contribution in [0, 0.1) is 0 Å². The smallest absolute Gasteiger partial charge is 0.240 e. The molecule has 2 aliphatic carbocycles. The Morgan fingerprint density at radius 3 is 2.60 bits per heavy atom. The number of carbonyl (C=O) groups excluding carboxylic acids is 1. The summed E-state index contributed by atoms with van der Waals surface area (Å²) in [6.07, 6.45) is 8.83. The second-order valence-electron chi connectivity index (χ2n) is 6.35. The Bertz CT molecular complexity index is 367. The molecule has 2 fully saturated rings. The van der Waals surface area contributed by atoms with Crippen LogP contribution in [0.3, 0.4) is 0 Å². The van der Waals surface area contributed by atoms with E-state index in [-0.39, 0.29) is 17.2 Å². The molecule has 0 saturated heterocycles. The van der Waals surface area contributed by atoms with Crippen LogP contribution in [0.4, 0.5) is 0 Å². The average molecular weight is 300 g/mol. The van der Waals surface area contributed by atoms with Gasteiger partial charge < -0.3 is 11.1 Å². The lowest BCUT2D eigenvalue weighted by Gasteiger charge is -2.35. The Balaban J connectivity index is 1.88. The van der Waals surface area contributed by atoms with Gasteiger partial charge in [-0.15, -0.1) is 0 Å². The summed E-state index contributed by atoms with van der Waals surface area (Å²) in [4.78, 5) is 12.4. The summed E-state index contributed by atoms with van der Waals surface area (Å²) in [6, 6.07) is 0.166. The zero-order valence-electron chi connectivity index (χ0n) is 12.5. The third-order valence-corrected chi connectivity index (χ3v) is 6.56. The third kappa shape index (κ3) is 3.82. The lowest BCUT2D eigenvalue weighted by Crippen LogP contribution is -2.57. The maximum atomic E-state index is 12.4. The average Bonchev–Trinajstić information content (AvgIpc) is 2.47. The molecule has 116 valence electrons.